The van der Waals surface area contributed by atoms with Gasteiger partial charge in [0.1, 0.15) is 0 Å². The van der Waals surface area contributed by atoms with Gasteiger partial charge >= 0.3 is 12.2 Å². The van der Waals surface area contributed by atoms with Crippen LogP contribution in [0.4, 0.5) is 23.7 Å². The van der Waals surface area contributed by atoms with Gasteiger partial charge in [-0.15, -0.1) is 0 Å². The molecule has 0 radical (unpaired) electrons. The van der Waals surface area contributed by atoms with Crippen molar-refractivity contribution >= 4 is 11.7 Å². The molecule has 0 aromatic heterocycles. The predicted octanol–water partition coefficient (Wildman–Crippen LogP) is 3.19. The number of urea groups is 1. The number of hydrogen-bond donors (Lipinski definition) is 2. The molecule has 1 saturated heterocycles. The average molecular weight is 359 g/mol. The van der Waals surface area contributed by atoms with Crippen LogP contribution in [0, 0.1) is 5.92 Å². The second-order valence-electron chi connectivity index (χ2n) is 6.21. The largest absolute Gasteiger partial charge is 0.416 e. The third-order valence-electron chi connectivity index (χ3n) is 4.21. The van der Waals surface area contributed by atoms with Crippen molar-refractivity contribution in [3.8, 4) is 0 Å². The van der Waals surface area contributed by atoms with Gasteiger partial charge in [-0.2, -0.15) is 13.2 Å². The maximum atomic E-state index is 12.5. The summed E-state index contributed by atoms with van der Waals surface area (Å²) in [6.45, 7) is 4.23. The molecule has 0 saturated carbocycles. The Hall–Kier alpha value is -1.80. The van der Waals surface area contributed by atoms with Crippen molar-refractivity contribution in [3.05, 3.63) is 29.8 Å². The van der Waals surface area contributed by atoms with E-state index in [9.17, 15) is 18.0 Å². The van der Waals surface area contributed by atoms with Crippen molar-refractivity contribution in [1.82, 2.24) is 10.2 Å². The highest BCUT2D eigenvalue weighted by molar-refractivity contribution is 5.89. The third-order valence-corrected chi connectivity index (χ3v) is 4.21. The van der Waals surface area contributed by atoms with Crippen LogP contribution in [0.2, 0.25) is 0 Å². The fourth-order valence-corrected chi connectivity index (χ4v) is 2.87. The van der Waals surface area contributed by atoms with Crippen LogP contribution in [0.1, 0.15) is 18.4 Å². The summed E-state index contributed by atoms with van der Waals surface area (Å²) in [4.78, 5) is 14.2. The zero-order valence-electron chi connectivity index (χ0n) is 14.2. The Balaban J connectivity index is 1.69. The van der Waals surface area contributed by atoms with Gasteiger partial charge in [-0.05, 0) is 49.6 Å². The number of anilines is 1. The van der Waals surface area contributed by atoms with Crippen molar-refractivity contribution in [2.45, 2.75) is 19.0 Å². The first kappa shape index (κ1) is 19.5. The molecular weight excluding hydrogens is 335 g/mol. The van der Waals surface area contributed by atoms with Crippen molar-refractivity contribution in [3.63, 3.8) is 0 Å². The molecule has 0 bridgehead atoms. The first-order valence-corrected chi connectivity index (χ1v) is 8.32. The number of likely N-dealkylation sites (tertiary alicyclic amines) is 1. The zero-order chi connectivity index (χ0) is 18.3. The van der Waals surface area contributed by atoms with Crippen LogP contribution >= 0.6 is 0 Å². The third kappa shape index (κ3) is 6.55. The van der Waals surface area contributed by atoms with E-state index >= 15 is 0 Å². The highest BCUT2D eigenvalue weighted by Crippen LogP contribution is 2.29. The number of halogens is 3. The van der Waals surface area contributed by atoms with E-state index in [0.717, 1.165) is 51.2 Å². The van der Waals surface area contributed by atoms with E-state index in [0.29, 0.717) is 18.2 Å². The molecule has 8 heteroatoms. The highest BCUT2D eigenvalue weighted by atomic mass is 19.4. The lowest BCUT2D eigenvalue weighted by atomic mass is 10.1. The van der Waals surface area contributed by atoms with Gasteiger partial charge < -0.3 is 20.3 Å². The lowest BCUT2D eigenvalue weighted by molar-refractivity contribution is -0.137. The summed E-state index contributed by atoms with van der Waals surface area (Å²) in [6.07, 6.45) is -2.36. The minimum atomic E-state index is -4.38. The van der Waals surface area contributed by atoms with E-state index in [1.807, 2.05) is 0 Å². The number of nitrogens with zero attached hydrogens (tertiary/aromatic N) is 1. The molecule has 2 amide bonds. The summed E-state index contributed by atoms with van der Waals surface area (Å²) >= 11 is 0. The Morgan fingerprint density at radius 3 is 2.68 bits per heavy atom. The number of methoxy groups -OCH3 is 1. The lowest BCUT2D eigenvalue weighted by Crippen LogP contribution is -2.34. The molecule has 1 atom stereocenters. The number of benzene rings is 1. The Bertz CT molecular complexity index is 549. The average Bonchev–Trinajstić information content (AvgIpc) is 3.01. The Morgan fingerprint density at radius 1 is 1.32 bits per heavy atom. The van der Waals surface area contributed by atoms with Gasteiger partial charge in [-0.3, -0.25) is 0 Å². The summed E-state index contributed by atoms with van der Waals surface area (Å²) in [5.74, 6) is 0.390. The monoisotopic (exact) mass is 359 g/mol. The molecule has 25 heavy (non-hydrogen) atoms. The molecule has 1 fully saturated rings. The second kappa shape index (κ2) is 9.05. The molecule has 1 aromatic rings. The van der Waals surface area contributed by atoms with Crippen LogP contribution in [-0.2, 0) is 10.9 Å². The van der Waals surface area contributed by atoms with Gasteiger partial charge in [0, 0.05) is 39.0 Å². The molecule has 140 valence electrons. The zero-order valence-corrected chi connectivity index (χ0v) is 14.2. The highest BCUT2D eigenvalue weighted by Gasteiger charge is 2.30. The topological polar surface area (TPSA) is 53.6 Å². The summed E-state index contributed by atoms with van der Waals surface area (Å²) in [5.41, 5.74) is -0.406. The number of ether oxygens (including phenoxy) is 1. The quantitative estimate of drug-likeness (QED) is 0.735. The van der Waals surface area contributed by atoms with Crippen LogP contribution in [0.25, 0.3) is 0 Å². The number of carbonyl (C=O) groups is 1. The smallest absolute Gasteiger partial charge is 0.385 e. The van der Waals surface area contributed by atoms with E-state index in [-0.39, 0.29) is 0 Å². The van der Waals surface area contributed by atoms with Gasteiger partial charge in [0.25, 0.3) is 0 Å². The summed E-state index contributed by atoms with van der Waals surface area (Å²) in [6, 6.07) is 3.98. The number of carbonyl (C=O) groups excluding carboxylic acids is 1. The molecule has 2 rings (SSSR count). The van der Waals surface area contributed by atoms with Crippen molar-refractivity contribution in [2.75, 3.05) is 45.2 Å². The van der Waals surface area contributed by atoms with Crippen LogP contribution < -0.4 is 10.6 Å². The summed E-state index contributed by atoms with van der Waals surface area (Å²) in [5, 5.41) is 5.33. The first-order chi connectivity index (χ1) is 11.9. The van der Waals surface area contributed by atoms with E-state index < -0.39 is 17.8 Å². The minimum Gasteiger partial charge on any atom is -0.385 e. The molecule has 1 heterocycles. The lowest BCUT2D eigenvalue weighted by Gasteiger charge is -2.16. The molecule has 5 nitrogen and oxygen atoms in total. The number of alkyl halides is 3. The molecule has 2 N–H and O–H groups in total. The maximum Gasteiger partial charge on any atom is 0.416 e. The maximum absolute atomic E-state index is 12.5. The Kier molecular flexibility index (Phi) is 7.07. The van der Waals surface area contributed by atoms with E-state index in [1.165, 1.54) is 12.1 Å². The summed E-state index contributed by atoms with van der Waals surface area (Å²) < 4.78 is 42.5. The number of rotatable bonds is 7. The van der Waals surface area contributed by atoms with E-state index in [4.69, 9.17) is 4.74 Å². The van der Waals surface area contributed by atoms with Crippen LogP contribution in [-0.4, -0.2) is 50.8 Å². The fraction of sp³-hybridized carbons (Fsp3) is 0.588. The fourth-order valence-electron chi connectivity index (χ4n) is 2.87. The standard InChI is InChI=1S/C17H24F3N3O2/c1-25-10-2-8-23-9-7-13(12-23)11-21-16(24)22-15-5-3-14(4-6-15)17(18,19)20/h3-6,13H,2,7-12H2,1H3,(H2,21,22,24). The predicted molar refractivity (Wildman–Crippen MR) is 89.5 cm³/mol. The van der Waals surface area contributed by atoms with Gasteiger partial charge in [0.05, 0.1) is 5.56 Å². The Morgan fingerprint density at radius 2 is 2.04 bits per heavy atom. The molecule has 1 aliphatic heterocycles. The SMILES string of the molecule is COCCCN1CCC(CNC(=O)Nc2ccc(C(F)(F)F)cc2)C1. The molecule has 1 aliphatic rings. The Labute approximate surface area is 145 Å². The molecular formula is C17H24F3N3O2. The number of nitrogens with one attached hydrogen (secondary N) is 2. The van der Waals surface area contributed by atoms with Crippen molar-refractivity contribution in [2.24, 2.45) is 5.92 Å². The number of hydrogen-bond acceptors (Lipinski definition) is 3. The normalized spacial score (nSPS) is 18.3. The van der Waals surface area contributed by atoms with Crippen molar-refractivity contribution < 1.29 is 22.7 Å². The van der Waals surface area contributed by atoms with Gasteiger partial charge in [-0.25, -0.2) is 4.79 Å². The molecule has 0 aliphatic carbocycles. The summed E-state index contributed by atoms with van der Waals surface area (Å²) in [7, 11) is 1.69. The van der Waals surface area contributed by atoms with Gasteiger partial charge in [0.2, 0.25) is 0 Å². The molecule has 1 aromatic carbocycles. The van der Waals surface area contributed by atoms with E-state index in [1.54, 1.807) is 7.11 Å². The second-order valence-corrected chi connectivity index (χ2v) is 6.21. The molecule has 0 spiro atoms. The molecule has 1 unspecified atom stereocenters. The minimum absolute atomic E-state index is 0.332. The van der Waals surface area contributed by atoms with Crippen LogP contribution in [0.3, 0.4) is 0 Å². The van der Waals surface area contributed by atoms with Gasteiger partial charge in [0.15, 0.2) is 0 Å². The van der Waals surface area contributed by atoms with Crippen molar-refractivity contribution in [1.29, 1.82) is 0 Å². The van der Waals surface area contributed by atoms with E-state index in [2.05, 4.69) is 15.5 Å². The van der Waals surface area contributed by atoms with Crippen LogP contribution in [0.15, 0.2) is 24.3 Å². The number of amides is 2. The van der Waals surface area contributed by atoms with Crippen LogP contribution in [0.5, 0.6) is 0 Å². The first-order valence-electron chi connectivity index (χ1n) is 8.32. The van der Waals surface area contributed by atoms with Gasteiger partial charge in [-0.1, -0.05) is 0 Å².